The summed E-state index contributed by atoms with van der Waals surface area (Å²) >= 11 is 0. The Kier molecular flexibility index (Phi) is 4.05. The zero-order chi connectivity index (χ0) is 12.3. The molecule has 4 nitrogen and oxygen atoms in total. The van der Waals surface area contributed by atoms with Crippen LogP contribution >= 0.6 is 0 Å². The van der Waals surface area contributed by atoms with E-state index < -0.39 is 0 Å². The highest BCUT2D eigenvalue weighted by Crippen LogP contribution is 2.42. The van der Waals surface area contributed by atoms with Crippen molar-refractivity contribution in [2.45, 2.75) is 51.0 Å². The molecule has 0 radical (unpaired) electrons. The summed E-state index contributed by atoms with van der Waals surface area (Å²) in [4.78, 5) is 11.8. The maximum atomic E-state index is 11.8. The van der Waals surface area contributed by atoms with Gasteiger partial charge in [-0.05, 0) is 50.0 Å². The van der Waals surface area contributed by atoms with Crippen molar-refractivity contribution in [1.82, 2.24) is 5.32 Å². The van der Waals surface area contributed by atoms with E-state index in [4.69, 9.17) is 5.73 Å². The van der Waals surface area contributed by atoms with Gasteiger partial charge >= 0.3 is 0 Å². The normalized spacial score (nSPS) is 30.9. The van der Waals surface area contributed by atoms with Crippen molar-refractivity contribution >= 4 is 5.91 Å². The SMILES string of the molecule is NCC1(CC(=O)NCC2CCC(O)C2)CCC1. The molecule has 2 aliphatic carbocycles. The molecule has 0 aliphatic heterocycles. The number of nitrogens with two attached hydrogens (primary N) is 1. The molecule has 0 heterocycles. The topological polar surface area (TPSA) is 75.4 Å². The number of aliphatic hydroxyl groups is 1. The lowest BCUT2D eigenvalue weighted by Crippen LogP contribution is -2.42. The molecular weight excluding hydrogens is 216 g/mol. The van der Waals surface area contributed by atoms with E-state index in [1.165, 1.54) is 6.42 Å². The molecule has 4 N–H and O–H groups in total. The Morgan fingerprint density at radius 2 is 2.18 bits per heavy atom. The van der Waals surface area contributed by atoms with Gasteiger partial charge in [-0.25, -0.2) is 0 Å². The number of aliphatic hydroxyl groups excluding tert-OH is 1. The van der Waals surface area contributed by atoms with Crippen LogP contribution < -0.4 is 11.1 Å². The number of carbonyl (C=O) groups is 1. The van der Waals surface area contributed by atoms with Crippen LogP contribution in [0.15, 0.2) is 0 Å². The van der Waals surface area contributed by atoms with Gasteiger partial charge in [-0.2, -0.15) is 0 Å². The fraction of sp³-hybridized carbons (Fsp3) is 0.923. The molecule has 2 aliphatic rings. The third kappa shape index (κ3) is 3.19. The minimum absolute atomic E-state index is 0.0965. The molecule has 0 aromatic heterocycles. The second-order valence-corrected chi connectivity index (χ2v) is 5.87. The molecule has 0 aromatic rings. The molecule has 0 spiro atoms. The standard InChI is InChI=1S/C13H24N2O2/c14-9-13(4-1-5-13)7-12(17)15-8-10-2-3-11(16)6-10/h10-11,16H,1-9,14H2,(H,15,17). The van der Waals surface area contributed by atoms with Gasteiger partial charge in [0.25, 0.3) is 0 Å². The molecule has 2 unspecified atom stereocenters. The fourth-order valence-corrected chi connectivity index (χ4v) is 3.03. The Morgan fingerprint density at radius 1 is 1.41 bits per heavy atom. The summed E-state index contributed by atoms with van der Waals surface area (Å²) in [6, 6.07) is 0. The molecule has 4 heteroatoms. The van der Waals surface area contributed by atoms with E-state index in [1.807, 2.05) is 0 Å². The molecule has 2 fully saturated rings. The van der Waals surface area contributed by atoms with Crippen LogP contribution in [0.1, 0.15) is 44.9 Å². The summed E-state index contributed by atoms with van der Waals surface area (Å²) in [5, 5.41) is 12.4. The van der Waals surface area contributed by atoms with Crippen molar-refractivity contribution in [3.8, 4) is 0 Å². The largest absolute Gasteiger partial charge is 0.393 e. The average molecular weight is 240 g/mol. The van der Waals surface area contributed by atoms with Crippen LogP contribution in [0.5, 0.6) is 0 Å². The summed E-state index contributed by atoms with van der Waals surface area (Å²) in [7, 11) is 0. The summed E-state index contributed by atoms with van der Waals surface area (Å²) in [5.74, 6) is 0.598. The Balaban J connectivity index is 1.67. The number of amides is 1. The van der Waals surface area contributed by atoms with Gasteiger partial charge < -0.3 is 16.2 Å². The molecule has 0 bridgehead atoms. The second kappa shape index (κ2) is 5.36. The van der Waals surface area contributed by atoms with Gasteiger partial charge in [-0.1, -0.05) is 6.42 Å². The van der Waals surface area contributed by atoms with E-state index in [2.05, 4.69) is 5.32 Å². The molecule has 17 heavy (non-hydrogen) atoms. The number of rotatable bonds is 5. The van der Waals surface area contributed by atoms with Gasteiger partial charge in [0.1, 0.15) is 0 Å². The van der Waals surface area contributed by atoms with E-state index in [0.717, 1.165) is 38.6 Å². The molecule has 0 aromatic carbocycles. The van der Waals surface area contributed by atoms with E-state index >= 15 is 0 Å². The van der Waals surface area contributed by atoms with Crippen molar-refractivity contribution in [1.29, 1.82) is 0 Å². The molecule has 2 saturated carbocycles. The number of nitrogens with one attached hydrogen (secondary N) is 1. The summed E-state index contributed by atoms with van der Waals surface area (Å²) < 4.78 is 0. The molecule has 2 rings (SSSR count). The van der Waals surface area contributed by atoms with Crippen LogP contribution in [0.2, 0.25) is 0 Å². The lowest BCUT2D eigenvalue weighted by atomic mass is 9.66. The summed E-state index contributed by atoms with van der Waals surface area (Å²) in [6.45, 7) is 1.35. The van der Waals surface area contributed by atoms with Gasteiger partial charge in [-0.3, -0.25) is 4.79 Å². The first-order valence-electron chi connectivity index (χ1n) is 6.78. The second-order valence-electron chi connectivity index (χ2n) is 5.87. The lowest BCUT2D eigenvalue weighted by molar-refractivity contribution is -0.124. The third-order valence-electron chi connectivity index (χ3n) is 4.48. The first kappa shape index (κ1) is 12.8. The first-order valence-corrected chi connectivity index (χ1v) is 6.78. The zero-order valence-electron chi connectivity index (χ0n) is 10.5. The molecule has 98 valence electrons. The minimum Gasteiger partial charge on any atom is -0.393 e. The van der Waals surface area contributed by atoms with Crippen molar-refractivity contribution in [2.24, 2.45) is 17.1 Å². The lowest BCUT2D eigenvalue weighted by Gasteiger charge is -2.40. The van der Waals surface area contributed by atoms with E-state index in [1.54, 1.807) is 0 Å². The van der Waals surface area contributed by atoms with E-state index in [9.17, 15) is 9.90 Å². The van der Waals surface area contributed by atoms with Crippen LogP contribution in [-0.4, -0.2) is 30.2 Å². The van der Waals surface area contributed by atoms with Crippen LogP contribution in [0.25, 0.3) is 0 Å². The fourth-order valence-electron chi connectivity index (χ4n) is 3.03. The molecule has 1 amide bonds. The smallest absolute Gasteiger partial charge is 0.220 e. The maximum Gasteiger partial charge on any atom is 0.220 e. The quantitative estimate of drug-likeness (QED) is 0.665. The number of carbonyl (C=O) groups excluding carboxylic acids is 1. The van der Waals surface area contributed by atoms with Crippen molar-refractivity contribution in [2.75, 3.05) is 13.1 Å². The molecular formula is C13H24N2O2. The first-order chi connectivity index (χ1) is 8.13. The van der Waals surface area contributed by atoms with Crippen LogP contribution in [0.4, 0.5) is 0 Å². The third-order valence-corrected chi connectivity index (χ3v) is 4.48. The summed E-state index contributed by atoms with van der Waals surface area (Å²) in [6.07, 6.45) is 6.58. The predicted molar refractivity (Wildman–Crippen MR) is 66.3 cm³/mol. The average Bonchev–Trinajstić information content (AvgIpc) is 2.67. The Morgan fingerprint density at radius 3 is 2.65 bits per heavy atom. The zero-order valence-corrected chi connectivity index (χ0v) is 10.5. The maximum absolute atomic E-state index is 11.8. The minimum atomic E-state index is -0.154. The van der Waals surface area contributed by atoms with E-state index in [0.29, 0.717) is 18.9 Å². The Labute approximate surface area is 103 Å². The number of hydrogen-bond acceptors (Lipinski definition) is 3. The van der Waals surface area contributed by atoms with Crippen LogP contribution in [-0.2, 0) is 4.79 Å². The Bertz CT molecular complexity index is 271. The Hall–Kier alpha value is -0.610. The van der Waals surface area contributed by atoms with Gasteiger partial charge in [0.05, 0.1) is 6.10 Å². The van der Waals surface area contributed by atoms with Crippen LogP contribution in [0.3, 0.4) is 0 Å². The van der Waals surface area contributed by atoms with Gasteiger partial charge in [0.2, 0.25) is 5.91 Å². The van der Waals surface area contributed by atoms with Crippen molar-refractivity contribution < 1.29 is 9.90 Å². The monoisotopic (exact) mass is 240 g/mol. The van der Waals surface area contributed by atoms with Crippen molar-refractivity contribution in [3.63, 3.8) is 0 Å². The molecule has 0 saturated heterocycles. The highest BCUT2D eigenvalue weighted by Gasteiger charge is 2.37. The van der Waals surface area contributed by atoms with E-state index in [-0.39, 0.29) is 17.4 Å². The highest BCUT2D eigenvalue weighted by molar-refractivity contribution is 5.76. The predicted octanol–water partition coefficient (Wildman–Crippen LogP) is 0.783. The van der Waals surface area contributed by atoms with Crippen molar-refractivity contribution in [3.05, 3.63) is 0 Å². The molecule has 2 atom stereocenters. The highest BCUT2D eigenvalue weighted by atomic mass is 16.3. The van der Waals surface area contributed by atoms with Gasteiger partial charge in [0, 0.05) is 13.0 Å². The summed E-state index contributed by atoms with van der Waals surface area (Å²) in [5.41, 5.74) is 5.84. The van der Waals surface area contributed by atoms with Gasteiger partial charge in [0.15, 0.2) is 0 Å². The van der Waals surface area contributed by atoms with Gasteiger partial charge in [-0.15, -0.1) is 0 Å². The van der Waals surface area contributed by atoms with Crippen LogP contribution in [0, 0.1) is 11.3 Å². The number of hydrogen-bond donors (Lipinski definition) is 3.